The van der Waals surface area contributed by atoms with Crippen molar-refractivity contribution in [2.24, 2.45) is 4.99 Å². The number of aromatic amines is 1. The molecule has 0 radical (unpaired) electrons. The predicted molar refractivity (Wildman–Crippen MR) is 133 cm³/mol. The van der Waals surface area contributed by atoms with Crippen LogP contribution >= 0.6 is 0 Å². The van der Waals surface area contributed by atoms with Crippen molar-refractivity contribution >= 4 is 11.9 Å². The summed E-state index contributed by atoms with van der Waals surface area (Å²) in [6.07, 6.45) is 7.02. The first-order valence-electron chi connectivity index (χ1n) is 11.8. The van der Waals surface area contributed by atoms with Gasteiger partial charge in [-0.15, -0.1) is 5.10 Å². The second-order valence-corrected chi connectivity index (χ2v) is 8.34. The molecular weight excluding hydrogens is 442 g/mol. The number of carbonyl (C=O) groups excluding carboxylic acids is 1. The molecule has 0 bridgehead atoms. The van der Waals surface area contributed by atoms with E-state index < -0.39 is 6.09 Å². The van der Waals surface area contributed by atoms with E-state index in [0.717, 1.165) is 47.6 Å². The van der Waals surface area contributed by atoms with Gasteiger partial charge in [0.25, 0.3) is 0 Å². The van der Waals surface area contributed by atoms with Gasteiger partial charge in [0.1, 0.15) is 5.84 Å². The van der Waals surface area contributed by atoms with Gasteiger partial charge < -0.3 is 9.64 Å². The van der Waals surface area contributed by atoms with E-state index in [4.69, 9.17) is 9.73 Å². The number of benzene rings is 2. The minimum absolute atomic E-state index is 0.00146. The zero-order valence-electron chi connectivity index (χ0n) is 19.8. The largest absolute Gasteiger partial charge is 0.449 e. The molecule has 0 fully saturated rings. The van der Waals surface area contributed by atoms with Gasteiger partial charge in [0, 0.05) is 30.9 Å². The van der Waals surface area contributed by atoms with Crippen LogP contribution in [0.4, 0.5) is 4.79 Å². The molecule has 9 heteroatoms. The highest BCUT2D eigenvalue weighted by molar-refractivity contribution is 5.87. The molecule has 0 saturated heterocycles. The standard InChI is InChI=1S/C26H27N7O2/c1-3-7-24-27-22-17-32(26(34)35-4-2)15-14-23(22)33(24)16-18-10-12-19(13-11-18)20-8-5-6-9-21(20)25-28-30-31-29-25/h5-6,8-15,17,23H,3-4,7,16H2,1-2H3,(H,28,29,30,31). The van der Waals surface area contributed by atoms with E-state index in [1.165, 1.54) is 10.5 Å². The summed E-state index contributed by atoms with van der Waals surface area (Å²) in [6.45, 7) is 5.00. The van der Waals surface area contributed by atoms with Crippen molar-refractivity contribution < 1.29 is 9.53 Å². The Morgan fingerprint density at radius 3 is 2.60 bits per heavy atom. The summed E-state index contributed by atoms with van der Waals surface area (Å²) in [6, 6.07) is 16.6. The predicted octanol–water partition coefficient (Wildman–Crippen LogP) is 4.74. The van der Waals surface area contributed by atoms with Crippen LogP contribution in [0.15, 0.2) is 77.7 Å². The normalized spacial score (nSPS) is 16.7. The van der Waals surface area contributed by atoms with Crippen LogP contribution in [0, 0.1) is 0 Å². The van der Waals surface area contributed by atoms with Gasteiger partial charge in [-0.25, -0.2) is 14.9 Å². The Bertz CT molecular complexity index is 1280. The number of hydrogen-bond donors (Lipinski definition) is 1. The molecule has 1 unspecified atom stereocenters. The lowest BCUT2D eigenvalue weighted by Gasteiger charge is -2.29. The van der Waals surface area contributed by atoms with Gasteiger partial charge in [-0.3, -0.25) is 4.90 Å². The molecule has 5 rings (SSSR count). The van der Waals surface area contributed by atoms with Crippen molar-refractivity contribution in [3.8, 4) is 22.5 Å². The molecule has 2 aliphatic heterocycles. The quantitative estimate of drug-likeness (QED) is 0.536. The first kappa shape index (κ1) is 22.5. The van der Waals surface area contributed by atoms with Crippen molar-refractivity contribution in [2.45, 2.75) is 39.3 Å². The molecule has 1 atom stereocenters. The fourth-order valence-corrected chi connectivity index (χ4v) is 4.39. The third kappa shape index (κ3) is 4.57. The van der Waals surface area contributed by atoms with E-state index in [2.05, 4.69) is 62.8 Å². The number of aliphatic imine (C=N–C) groups is 1. The van der Waals surface area contributed by atoms with Crippen molar-refractivity contribution in [3.63, 3.8) is 0 Å². The monoisotopic (exact) mass is 469 g/mol. The molecule has 2 aromatic carbocycles. The zero-order valence-corrected chi connectivity index (χ0v) is 19.8. The summed E-state index contributed by atoms with van der Waals surface area (Å²) in [5, 5.41) is 14.3. The molecule has 35 heavy (non-hydrogen) atoms. The molecule has 1 aromatic heterocycles. The summed E-state index contributed by atoms with van der Waals surface area (Å²) in [7, 11) is 0. The van der Waals surface area contributed by atoms with Crippen LogP contribution in [0.2, 0.25) is 0 Å². The number of amides is 1. The summed E-state index contributed by atoms with van der Waals surface area (Å²) >= 11 is 0. The topological polar surface area (TPSA) is 99.6 Å². The van der Waals surface area contributed by atoms with Gasteiger partial charge in [0.2, 0.25) is 0 Å². The lowest BCUT2D eigenvalue weighted by atomic mass is 9.98. The minimum Gasteiger partial charge on any atom is -0.449 e. The number of ether oxygens (including phenoxy) is 1. The average Bonchev–Trinajstić information content (AvgIpc) is 3.53. The Labute approximate surface area is 203 Å². The molecule has 0 spiro atoms. The number of fused-ring (bicyclic) bond motifs is 1. The zero-order chi connectivity index (χ0) is 24.2. The van der Waals surface area contributed by atoms with Gasteiger partial charge in [-0.1, -0.05) is 55.5 Å². The van der Waals surface area contributed by atoms with Gasteiger partial charge >= 0.3 is 6.09 Å². The molecule has 3 heterocycles. The lowest BCUT2D eigenvalue weighted by Crippen LogP contribution is -2.36. The smallest absolute Gasteiger partial charge is 0.417 e. The van der Waals surface area contributed by atoms with Crippen LogP contribution in [0.1, 0.15) is 32.3 Å². The Balaban J connectivity index is 1.36. The number of carbonyl (C=O) groups is 1. The third-order valence-electron chi connectivity index (χ3n) is 6.03. The van der Waals surface area contributed by atoms with E-state index in [-0.39, 0.29) is 6.04 Å². The van der Waals surface area contributed by atoms with E-state index in [1.54, 1.807) is 19.3 Å². The lowest BCUT2D eigenvalue weighted by molar-refractivity contribution is 0.132. The first-order chi connectivity index (χ1) is 17.2. The highest BCUT2D eigenvalue weighted by atomic mass is 16.6. The molecular formula is C26H27N7O2. The average molecular weight is 470 g/mol. The van der Waals surface area contributed by atoms with Crippen molar-refractivity contribution in [2.75, 3.05) is 6.61 Å². The number of hydrogen-bond acceptors (Lipinski definition) is 7. The van der Waals surface area contributed by atoms with Crippen molar-refractivity contribution in [3.05, 3.63) is 78.3 Å². The Morgan fingerprint density at radius 2 is 1.89 bits per heavy atom. The number of aromatic nitrogens is 4. The minimum atomic E-state index is -0.391. The van der Waals surface area contributed by atoms with Gasteiger partial charge in [0.05, 0.1) is 18.3 Å². The fraction of sp³-hybridized carbons (Fsp3) is 0.269. The maximum atomic E-state index is 12.1. The van der Waals surface area contributed by atoms with Crippen LogP contribution < -0.4 is 0 Å². The summed E-state index contributed by atoms with van der Waals surface area (Å²) in [5.74, 6) is 1.67. The fourth-order valence-electron chi connectivity index (χ4n) is 4.39. The first-order valence-corrected chi connectivity index (χ1v) is 11.8. The second kappa shape index (κ2) is 9.92. The molecule has 1 amide bonds. The Morgan fingerprint density at radius 1 is 1.09 bits per heavy atom. The van der Waals surface area contributed by atoms with Crippen molar-refractivity contribution in [1.29, 1.82) is 0 Å². The molecule has 0 aliphatic carbocycles. The van der Waals surface area contributed by atoms with Gasteiger partial charge in [0.15, 0.2) is 5.82 Å². The number of tetrazole rings is 1. The van der Waals surface area contributed by atoms with Crippen LogP contribution in [-0.4, -0.2) is 55.0 Å². The van der Waals surface area contributed by atoms with E-state index in [9.17, 15) is 4.79 Å². The Kier molecular flexibility index (Phi) is 6.38. The van der Waals surface area contributed by atoms with Crippen molar-refractivity contribution in [1.82, 2.24) is 30.4 Å². The molecule has 3 aromatic rings. The summed E-state index contributed by atoms with van der Waals surface area (Å²) in [4.78, 5) is 20.8. The van der Waals surface area contributed by atoms with E-state index in [0.29, 0.717) is 12.4 Å². The van der Waals surface area contributed by atoms with E-state index >= 15 is 0 Å². The number of rotatable bonds is 7. The van der Waals surface area contributed by atoms with E-state index in [1.807, 2.05) is 24.3 Å². The summed E-state index contributed by atoms with van der Waals surface area (Å²) in [5.41, 5.74) is 5.14. The number of amidine groups is 1. The second-order valence-electron chi connectivity index (χ2n) is 8.34. The van der Waals surface area contributed by atoms with Crippen LogP contribution in [0.3, 0.4) is 0 Å². The number of nitrogens with zero attached hydrogens (tertiary/aromatic N) is 6. The third-order valence-corrected chi connectivity index (χ3v) is 6.03. The highest BCUT2D eigenvalue weighted by Gasteiger charge is 2.33. The number of nitrogens with one attached hydrogen (secondary N) is 1. The van der Waals surface area contributed by atoms with Crippen LogP contribution in [-0.2, 0) is 11.3 Å². The molecule has 1 N–H and O–H groups in total. The Hall–Kier alpha value is -4.27. The van der Waals surface area contributed by atoms with Crippen LogP contribution in [0.25, 0.3) is 22.5 Å². The maximum Gasteiger partial charge on any atom is 0.417 e. The highest BCUT2D eigenvalue weighted by Crippen LogP contribution is 2.32. The number of H-pyrrole nitrogens is 1. The van der Waals surface area contributed by atoms with Gasteiger partial charge in [-0.2, -0.15) is 0 Å². The summed E-state index contributed by atoms with van der Waals surface area (Å²) < 4.78 is 5.12. The molecule has 2 aliphatic rings. The van der Waals surface area contributed by atoms with Gasteiger partial charge in [-0.05, 0) is 46.5 Å². The molecule has 178 valence electrons. The molecule has 0 saturated carbocycles. The molecule has 9 nitrogen and oxygen atoms in total. The SMILES string of the molecule is CCCC1=NC2=CN(C(=O)OCC)C=CC2N1Cc1ccc(-c2ccccc2-c2nnn[nH]2)cc1. The van der Waals surface area contributed by atoms with Crippen LogP contribution in [0.5, 0.6) is 0 Å². The maximum absolute atomic E-state index is 12.1.